The third-order valence-electron chi connectivity index (χ3n) is 4.45. The van der Waals surface area contributed by atoms with E-state index in [1.165, 1.54) is 12.1 Å². The van der Waals surface area contributed by atoms with Crippen molar-refractivity contribution in [3.8, 4) is 0 Å². The van der Waals surface area contributed by atoms with Gasteiger partial charge in [0.05, 0.1) is 0 Å². The molecule has 0 radical (unpaired) electrons. The highest BCUT2D eigenvalue weighted by Gasteiger charge is 2.14. The normalized spacial score (nSPS) is 11.9. The van der Waals surface area contributed by atoms with Crippen LogP contribution in [0.3, 0.4) is 0 Å². The summed E-state index contributed by atoms with van der Waals surface area (Å²) in [4.78, 5) is 17.3. The predicted molar refractivity (Wildman–Crippen MR) is 114 cm³/mol. The second-order valence-electron chi connectivity index (χ2n) is 8.06. The maximum atomic E-state index is 13.6. The summed E-state index contributed by atoms with van der Waals surface area (Å²) >= 11 is 0. The van der Waals surface area contributed by atoms with E-state index >= 15 is 0 Å². The fourth-order valence-corrected chi connectivity index (χ4v) is 3.15. The van der Waals surface area contributed by atoms with Gasteiger partial charge in [-0.1, -0.05) is 30.3 Å². The van der Waals surface area contributed by atoms with Crippen LogP contribution in [0.5, 0.6) is 0 Å². The van der Waals surface area contributed by atoms with E-state index in [1.54, 1.807) is 18.3 Å². The molecule has 0 amide bonds. The van der Waals surface area contributed by atoms with E-state index in [1.807, 2.05) is 45.2 Å². The Balaban J connectivity index is 1.73. The average Bonchev–Trinajstić information content (AvgIpc) is 3.05. The highest BCUT2D eigenvalue weighted by Crippen LogP contribution is 2.20. The van der Waals surface area contributed by atoms with Crippen molar-refractivity contribution in [1.29, 1.82) is 0 Å². The van der Waals surface area contributed by atoms with Crippen LogP contribution in [0.25, 0.3) is 10.9 Å². The van der Waals surface area contributed by atoms with Crippen molar-refractivity contribution in [3.63, 3.8) is 0 Å². The predicted octanol–water partition coefficient (Wildman–Crippen LogP) is 5.21. The lowest BCUT2D eigenvalue weighted by Crippen LogP contribution is -2.24. The van der Waals surface area contributed by atoms with E-state index < -0.39 is 5.60 Å². The third-order valence-corrected chi connectivity index (χ3v) is 4.45. The molecule has 0 bridgehead atoms. The van der Waals surface area contributed by atoms with Crippen molar-refractivity contribution in [2.75, 3.05) is 6.54 Å². The summed E-state index contributed by atoms with van der Waals surface area (Å²) in [7, 11) is 0. The number of nitrogens with zero attached hydrogens (tertiary/aromatic N) is 1. The van der Waals surface area contributed by atoms with Crippen LogP contribution in [-0.4, -0.2) is 28.0 Å². The number of aromatic nitrogens is 1. The van der Waals surface area contributed by atoms with E-state index in [0.29, 0.717) is 13.1 Å². The van der Waals surface area contributed by atoms with Crippen molar-refractivity contribution in [1.82, 2.24) is 9.88 Å². The number of carbonyl (C=O) groups excluding carboxylic acids is 1. The molecular formula is C24H27FN2O2. The van der Waals surface area contributed by atoms with Gasteiger partial charge in [-0.2, -0.15) is 0 Å². The summed E-state index contributed by atoms with van der Waals surface area (Å²) < 4.78 is 19.0. The third kappa shape index (κ3) is 6.21. The lowest BCUT2D eigenvalue weighted by molar-refractivity contribution is -0.148. The largest absolute Gasteiger partial charge is 0.457 e. The highest BCUT2D eigenvalue weighted by atomic mass is 19.1. The number of benzene rings is 2. The Labute approximate surface area is 171 Å². The topological polar surface area (TPSA) is 45.3 Å². The Bertz CT molecular complexity index is 987. The highest BCUT2D eigenvalue weighted by molar-refractivity contribution is 5.83. The first kappa shape index (κ1) is 20.6. The van der Waals surface area contributed by atoms with Gasteiger partial charge in [0.25, 0.3) is 0 Å². The summed E-state index contributed by atoms with van der Waals surface area (Å²) in [5.74, 6) is -0.617. The second kappa shape index (κ2) is 8.95. The van der Waals surface area contributed by atoms with Gasteiger partial charge in [0.2, 0.25) is 0 Å². The molecule has 3 rings (SSSR count). The maximum absolute atomic E-state index is 13.6. The molecule has 4 nitrogen and oxygen atoms in total. The van der Waals surface area contributed by atoms with Crippen LogP contribution in [0.1, 0.15) is 31.9 Å². The zero-order chi connectivity index (χ0) is 20.9. The Morgan fingerprint density at radius 2 is 1.93 bits per heavy atom. The zero-order valence-corrected chi connectivity index (χ0v) is 17.1. The van der Waals surface area contributed by atoms with E-state index in [4.69, 9.17) is 4.74 Å². The first-order valence-electron chi connectivity index (χ1n) is 9.75. The Kier molecular flexibility index (Phi) is 6.37. The van der Waals surface area contributed by atoms with Crippen LogP contribution in [-0.2, 0) is 22.5 Å². The molecule has 1 N–H and O–H groups in total. The number of nitrogens with one attached hydrogen (secondary N) is 1. The molecule has 0 atom stereocenters. The molecule has 0 fully saturated rings. The van der Waals surface area contributed by atoms with Gasteiger partial charge < -0.3 is 14.6 Å². The van der Waals surface area contributed by atoms with Gasteiger partial charge in [0.15, 0.2) is 0 Å². The molecule has 5 heteroatoms. The lowest BCUT2D eigenvalue weighted by Gasteiger charge is -2.21. The Hall–Kier alpha value is -3.08. The van der Waals surface area contributed by atoms with Crippen molar-refractivity contribution in [3.05, 3.63) is 83.9 Å². The molecule has 3 aromatic rings. The fourth-order valence-electron chi connectivity index (χ4n) is 3.15. The fraction of sp³-hybridized carbons (Fsp3) is 0.292. The van der Waals surface area contributed by atoms with Gasteiger partial charge in [0.1, 0.15) is 11.4 Å². The van der Waals surface area contributed by atoms with Crippen molar-refractivity contribution in [2.45, 2.75) is 39.3 Å². The van der Waals surface area contributed by atoms with Crippen LogP contribution in [0.4, 0.5) is 4.39 Å². The smallest absolute Gasteiger partial charge is 0.332 e. The first-order valence-corrected chi connectivity index (χ1v) is 9.75. The Morgan fingerprint density at radius 3 is 2.66 bits per heavy atom. The number of hydrogen-bond acceptors (Lipinski definition) is 3. The summed E-state index contributed by atoms with van der Waals surface area (Å²) in [6.45, 7) is 6.87. The van der Waals surface area contributed by atoms with Gasteiger partial charge >= 0.3 is 5.97 Å². The number of esters is 1. The molecule has 1 aromatic heterocycles. The molecular weight excluding hydrogens is 367 g/mol. The Morgan fingerprint density at radius 1 is 1.17 bits per heavy atom. The summed E-state index contributed by atoms with van der Waals surface area (Å²) in [6.07, 6.45) is 5.87. The number of hydrogen-bond donors (Lipinski definition) is 1. The number of halogens is 1. The number of fused-ring (bicyclic) bond motifs is 1. The van der Waals surface area contributed by atoms with Crippen molar-refractivity contribution >= 4 is 16.9 Å². The van der Waals surface area contributed by atoms with E-state index in [2.05, 4.69) is 22.0 Å². The molecule has 29 heavy (non-hydrogen) atoms. The van der Waals surface area contributed by atoms with Crippen LogP contribution < -0.4 is 0 Å². The standard InChI is InChI=1S/C24H27FN2O2/c1-24(2,3)29-23(28)12-14-27(17-18-7-5-4-6-8-18)13-11-19-16-26-22-10-9-20(25)15-21(19)22/h4-10,12,14-16,26H,11,13,17H2,1-3H3/b14-12+. The molecule has 0 saturated heterocycles. The van der Waals surface area contributed by atoms with Crippen LogP contribution in [0.15, 0.2) is 67.0 Å². The van der Waals surface area contributed by atoms with E-state index in [0.717, 1.165) is 28.5 Å². The number of carbonyl (C=O) groups is 1. The van der Waals surface area contributed by atoms with Gasteiger partial charge in [-0.25, -0.2) is 9.18 Å². The summed E-state index contributed by atoms with van der Waals surface area (Å²) in [5, 5.41) is 0.890. The first-order chi connectivity index (χ1) is 13.8. The molecule has 0 spiro atoms. The number of aromatic amines is 1. The van der Waals surface area contributed by atoms with Crippen LogP contribution in [0.2, 0.25) is 0 Å². The number of ether oxygens (including phenoxy) is 1. The molecule has 0 aliphatic carbocycles. The average molecular weight is 394 g/mol. The maximum Gasteiger partial charge on any atom is 0.332 e. The molecule has 2 aromatic carbocycles. The summed E-state index contributed by atoms with van der Waals surface area (Å²) in [6, 6.07) is 14.8. The van der Waals surface area contributed by atoms with Gasteiger partial charge in [-0.05, 0) is 56.5 Å². The molecule has 0 aliphatic heterocycles. The minimum absolute atomic E-state index is 0.246. The van der Waals surface area contributed by atoms with Gasteiger partial charge in [0, 0.05) is 42.5 Å². The van der Waals surface area contributed by atoms with E-state index in [-0.39, 0.29) is 11.8 Å². The van der Waals surface area contributed by atoms with E-state index in [9.17, 15) is 9.18 Å². The van der Waals surface area contributed by atoms with Gasteiger partial charge in [-0.15, -0.1) is 0 Å². The van der Waals surface area contributed by atoms with Gasteiger partial charge in [-0.3, -0.25) is 0 Å². The summed E-state index contributed by atoms with van der Waals surface area (Å²) in [5.41, 5.74) is 2.58. The molecule has 0 saturated carbocycles. The SMILES string of the molecule is CC(C)(C)OC(=O)/C=C/N(CCc1c[nH]c2ccc(F)cc12)Cc1ccccc1. The second-order valence-corrected chi connectivity index (χ2v) is 8.06. The molecule has 0 unspecified atom stereocenters. The molecule has 1 heterocycles. The minimum Gasteiger partial charge on any atom is -0.457 e. The van der Waals surface area contributed by atoms with Crippen LogP contribution >= 0.6 is 0 Å². The minimum atomic E-state index is -0.528. The molecule has 0 aliphatic rings. The molecule has 152 valence electrons. The number of H-pyrrole nitrogens is 1. The van der Waals surface area contributed by atoms with Crippen molar-refractivity contribution < 1.29 is 13.9 Å². The zero-order valence-electron chi connectivity index (χ0n) is 17.1. The lowest BCUT2D eigenvalue weighted by atomic mass is 10.1. The van der Waals surface area contributed by atoms with Crippen LogP contribution in [0, 0.1) is 5.82 Å². The quantitative estimate of drug-likeness (QED) is 0.442. The number of rotatable bonds is 7. The van der Waals surface area contributed by atoms with Crippen molar-refractivity contribution in [2.24, 2.45) is 0 Å². The monoisotopic (exact) mass is 394 g/mol.